The number of hydrogen-bond donors (Lipinski definition) is 0. The van der Waals surface area contributed by atoms with E-state index in [1.165, 1.54) is 23.9 Å². The van der Waals surface area contributed by atoms with Gasteiger partial charge in [-0.3, -0.25) is 0 Å². The summed E-state index contributed by atoms with van der Waals surface area (Å²) in [4.78, 5) is 2.02. The fourth-order valence-electron chi connectivity index (χ4n) is 2.79. The highest BCUT2D eigenvalue weighted by Gasteiger charge is 2.30. The molecule has 0 aliphatic rings. The number of benzene rings is 2. The lowest BCUT2D eigenvalue weighted by atomic mass is 10.1. The first-order chi connectivity index (χ1) is 13.3. The van der Waals surface area contributed by atoms with E-state index in [2.05, 4.69) is 10.2 Å². The van der Waals surface area contributed by atoms with Crippen molar-refractivity contribution in [2.24, 2.45) is 0 Å². The number of aromatic nitrogens is 3. The molecular formula is C20H21F3N4S. The summed E-state index contributed by atoms with van der Waals surface area (Å²) in [5, 5.41) is 9.24. The van der Waals surface area contributed by atoms with Gasteiger partial charge in [0.2, 0.25) is 0 Å². The fourth-order valence-corrected chi connectivity index (χ4v) is 3.73. The van der Waals surface area contributed by atoms with Crippen molar-refractivity contribution in [3.05, 3.63) is 59.7 Å². The van der Waals surface area contributed by atoms with Crippen LogP contribution in [0, 0.1) is 0 Å². The second-order valence-corrected chi connectivity index (χ2v) is 7.42. The van der Waals surface area contributed by atoms with E-state index < -0.39 is 11.7 Å². The molecule has 0 radical (unpaired) electrons. The largest absolute Gasteiger partial charge is 0.416 e. The predicted octanol–water partition coefficient (Wildman–Crippen LogP) is 5.34. The van der Waals surface area contributed by atoms with Crippen LogP contribution in [0.4, 0.5) is 18.9 Å². The number of halogens is 3. The molecule has 148 valence electrons. The van der Waals surface area contributed by atoms with E-state index in [9.17, 15) is 13.2 Å². The number of alkyl halides is 3. The molecule has 0 saturated heterocycles. The van der Waals surface area contributed by atoms with Gasteiger partial charge in [0.1, 0.15) is 0 Å². The van der Waals surface area contributed by atoms with Crippen molar-refractivity contribution in [3.63, 3.8) is 0 Å². The van der Waals surface area contributed by atoms with Crippen molar-refractivity contribution in [2.75, 3.05) is 19.0 Å². The van der Waals surface area contributed by atoms with Gasteiger partial charge in [0.25, 0.3) is 0 Å². The zero-order chi connectivity index (χ0) is 20.3. The van der Waals surface area contributed by atoms with Gasteiger partial charge < -0.3 is 9.47 Å². The Morgan fingerprint density at radius 2 is 1.75 bits per heavy atom. The maximum atomic E-state index is 12.9. The molecule has 0 fully saturated rings. The number of rotatable bonds is 6. The maximum absolute atomic E-state index is 12.9. The lowest BCUT2D eigenvalue weighted by Crippen LogP contribution is -2.08. The first kappa shape index (κ1) is 20.3. The Labute approximate surface area is 166 Å². The quantitative estimate of drug-likeness (QED) is 0.518. The molecule has 0 N–H and O–H groups in total. The van der Waals surface area contributed by atoms with E-state index in [4.69, 9.17) is 0 Å². The molecule has 3 rings (SSSR count). The Bertz CT molecular complexity index is 933. The molecule has 0 bridgehead atoms. The summed E-state index contributed by atoms with van der Waals surface area (Å²) in [6, 6.07) is 13.4. The minimum absolute atomic E-state index is 0.390. The molecule has 0 saturated carbocycles. The predicted molar refractivity (Wildman–Crippen MR) is 106 cm³/mol. The Morgan fingerprint density at radius 1 is 1.04 bits per heavy atom. The van der Waals surface area contributed by atoms with Crippen molar-refractivity contribution in [1.82, 2.24) is 14.8 Å². The van der Waals surface area contributed by atoms with Crippen molar-refractivity contribution in [2.45, 2.75) is 30.6 Å². The summed E-state index contributed by atoms with van der Waals surface area (Å²) >= 11 is 1.38. The van der Waals surface area contributed by atoms with Gasteiger partial charge in [-0.05, 0) is 42.8 Å². The second kappa shape index (κ2) is 8.26. The second-order valence-electron chi connectivity index (χ2n) is 6.48. The molecule has 3 aromatic rings. The normalized spacial score (nSPS) is 11.6. The summed E-state index contributed by atoms with van der Waals surface area (Å²) in [6.45, 7) is 2.66. The molecule has 0 unspecified atom stereocenters. The Kier molecular flexibility index (Phi) is 5.98. The van der Waals surface area contributed by atoms with Crippen LogP contribution in [0.15, 0.2) is 53.7 Å². The van der Waals surface area contributed by atoms with E-state index in [-0.39, 0.29) is 0 Å². The van der Waals surface area contributed by atoms with Gasteiger partial charge in [0.15, 0.2) is 11.0 Å². The molecule has 2 aromatic carbocycles. The number of anilines is 1. The molecule has 1 aromatic heterocycles. The summed E-state index contributed by atoms with van der Waals surface area (Å²) in [5.41, 5.74) is 2.00. The molecule has 0 atom stereocenters. The van der Waals surface area contributed by atoms with Crippen LogP contribution < -0.4 is 4.90 Å². The highest BCUT2D eigenvalue weighted by molar-refractivity contribution is 7.98. The van der Waals surface area contributed by atoms with Crippen LogP contribution in [0.1, 0.15) is 18.1 Å². The van der Waals surface area contributed by atoms with Gasteiger partial charge >= 0.3 is 6.18 Å². The molecule has 8 heteroatoms. The monoisotopic (exact) mass is 406 g/mol. The van der Waals surface area contributed by atoms with E-state index in [1.807, 2.05) is 54.8 Å². The number of thioether (sulfide) groups is 1. The third-order valence-electron chi connectivity index (χ3n) is 4.30. The molecule has 4 nitrogen and oxygen atoms in total. The van der Waals surface area contributed by atoms with Crippen LogP contribution in [-0.4, -0.2) is 28.9 Å². The molecule has 0 spiro atoms. The lowest BCUT2D eigenvalue weighted by Gasteiger charge is -2.13. The van der Waals surface area contributed by atoms with Crippen LogP contribution in [0.25, 0.3) is 11.4 Å². The SMILES string of the molecule is CCn1c(SCc2cccc(C(F)(F)F)c2)nnc1-c1ccc(N(C)C)cc1. The molecule has 28 heavy (non-hydrogen) atoms. The smallest absolute Gasteiger partial charge is 0.378 e. The third-order valence-corrected chi connectivity index (χ3v) is 5.34. The average molecular weight is 406 g/mol. The summed E-state index contributed by atoms with van der Waals surface area (Å²) in [6.07, 6.45) is -4.34. The Balaban J connectivity index is 1.79. The molecular weight excluding hydrogens is 385 g/mol. The van der Waals surface area contributed by atoms with Crippen LogP contribution in [0.3, 0.4) is 0 Å². The molecule has 0 amide bonds. The maximum Gasteiger partial charge on any atom is 0.416 e. The van der Waals surface area contributed by atoms with Crippen molar-refractivity contribution in [1.29, 1.82) is 0 Å². The number of nitrogens with zero attached hydrogens (tertiary/aromatic N) is 4. The van der Waals surface area contributed by atoms with Crippen LogP contribution >= 0.6 is 11.8 Å². The van der Waals surface area contributed by atoms with Crippen LogP contribution in [0.2, 0.25) is 0 Å². The average Bonchev–Trinajstić information content (AvgIpc) is 3.09. The molecule has 0 aliphatic carbocycles. The number of hydrogen-bond acceptors (Lipinski definition) is 4. The molecule has 0 aliphatic heterocycles. The van der Waals surface area contributed by atoms with Crippen molar-refractivity contribution in [3.8, 4) is 11.4 Å². The minimum Gasteiger partial charge on any atom is -0.378 e. The zero-order valence-electron chi connectivity index (χ0n) is 15.9. The fraction of sp³-hybridized carbons (Fsp3) is 0.300. The first-order valence-electron chi connectivity index (χ1n) is 8.79. The lowest BCUT2D eigenvalue weighted by molar-refractivity contribution is -0.137. The third kappa shape index (κ3) is 4.49. The van der Waals surface area contributed by atoms with Gasteiger partial charge in [0.05, 0.1) is 5.56 Å². The van der Waals surface area contributed by atoms with Gasteiger partial charge in [-0.2, -0.15) is 13.2 Å². The topological polar surface area (TPSA) is 34.0 Å². The zero-order valence-corrected chi connectivity index (χ0v) is 16.7. The first-order valence-corrected chi connectivity index (χ1v) is 9.78. The van der Waals surface area contributed by atoms with E-state index in [0.29, 0.717) is 23.0 Å². The van der Waals surface area contributed by atoms with E-state index >= 15 is 0 Å². The minimum atomic E-state index is -4.34. The highest BCUT2D eigenvalue weighted by Crippen LogP contribution is 2.32. The highest BCUT2D eigenvalue weighted by atomic mass is 32.2. The van der Waals surface area contributed by atoms with Crippen LogP contribution in [-0.2, 0) is 18.5 Å². The standard InChI is InChI=1S/C20H21F3N4S/c1-4-27-18(15-8-10-17(11-9-15)26(2)3)24-25-19(27)28-13-14-6-5-7-16(12-14)20(21,22)23/h5-12H,4,13H2,1-3H3. The van der Waals surface area contributed by atoms with Gasteiger partial charge in [-0.15, -0.1) is 10.2 Å². The Morgan fingerprint density at radius 3 is 2.36 bits per heavy atom. The summed E-state index contributed by atoms with van der Waals surface area (Å²) in [7, 11) is 3.96. The van der Waals surface area contributed by atoms with Crippen LogP contribution in [0.5, 0.6) is 0 Å². The van der Waals surface area contributed by atoms with Gasteiger partial charge in [0, 0.05) is 37.6 Å². The van der Waals surface area contributed by atoms with E-state index in [1.54, 1.807) is 6.07 Å². The molecule has 1 heterocycles. The Hall–Kier alpha value is -2.48. The van der Waals surface area contributed by atoms with Crippen molar-refractivity contribution < 1.29 is 13.2 Å². The van der Waals surface area contributed by atoms with E-state index in [0.717, 1.165) is 23.1 Å². The van der Waals surface area contributed by atoms with Gasteiger partial charge in [-0.1, -0.05) is 30.0 Å². The van der Waals surface area contributed by atoms with Crippen molar-refractivity contribution >= 4 is 17.4 Å². The summed E-state index contributed by atoms with van der Waals surface area (Å²) in [5.74, 6) is 1.14. The summed E-state index contributed by atoms with van der Waals surface area (Å²) < 4.78 is 40.6. The van der Waals surface area contributed by atoms with Gasteiger partial charge in [-0.25, -0.2) is 0 Å².